The van der Waals surface area contributed by atoms with Crippen molar-refractivity contribution >= 4 is 45.7 Å². The summed E-state index contributed by atoms with van der Waals surface area (Å²) < 4.78 is 0. The summed E-state index contributed by atoms with van der Waals surface area (Å²) >= 11 is 1.67. The Kier molecular flexibility index (Phi) is 4.95. The highest BCUT2D eigenvalue weighted by Crippen LogP contribution is 2.26. The number of aromatic nitrogens is 2. The predicted molar refractivity (Wildman–Crippen MR) is 106 cm³/mol. The molecule has 6 N–H and O–H groups in total. The molecule has 0 atom stereocenters. The van der Waals surface area contributed by atoms with Crippen LogP contribution in [-0.4, -0.2) is 22.7 Å². The Morgan fingerprint density at radius 1 is 1.36 bits per heavy atom. The Balaban J connectivity index is 1.86. The van der Waals surface area contributed by atoms with Crippen LogP contribution in [0.5, 0.6) is 0 Å². The lowest BCUT2D eigenvalue weighted by molar-refractivity contribution is 1.02. The first-order valence-corrected chi connectivity index (χ1v) is 8.76. The van der Waals surface area contributed by atoms with Crippen molar-refractivity contribution in [3.63, 3.8) is 0 Å². The quantitative estimate of drug-likeness (QED) is 0.509. The Morgan fingerprint density at radius 2 is 2.20 bits per heavy atom. The fourth-order valence-corrected chi connectivity index (χ4v) is 3.42. The van der Waals surface area contributed by atoms with Gasteiger partial charge in [-0.2, -0.15) is 0 Å². The van der Waals surface area contributed by atoms with Crippen LogP contribution in [0.15, 0.2) is 35.9 Å². The monoisotopic (exact) mass is 352 g/mol. The van der Waals surface area contributed by atoms with E-state index in [4.69, 9.17) is 16.9 Å². The average molecular weight is 352 g/mol. The van der Waals surface area contributed by atoms with Gasteiger partial charge in [0.25, 0.3) is 0 Å². The SMILES string of the molecule is Cc1ncsc1CCNc1cc(N)nc2cc(/C(N)=C/C=N)ccc12. The summed E-state index contributed by atoms with van der Waals surface area (Å²) in [6.07, 6.45) is 3.62. The van der Waals surface area contributed by atoms with Crippen LogP contribution in [0.25, 0.3) is 16.6 Å². The second-order valence-corrected chi connectivity index (χ2v) is 6.59. The van der Waals surface area contributed by atoms with Crippen molar-refractivity contribution in [1.29, 1.82) is 5.41 Å². The van der Waals surface area contributed by atoms with E-state index < -0.39 is 0 Å². The van der Waals surface area contributed by atoms with Gasteiger partial charge < -0.3 is 22.2 Å². The van der Waals surface area contributed by atoms with Crippen LogP contribution in [0.1, 0.15) is 16.1 Å². The maximum absolute atomic E-state index is 7.13. The third kappa shape index (κ3) is 3.77. The minimum Gasteiger partial charge on any atom is -0.398 e. The number of allylic oxidation sites excluding steroid dienone is 1. The molecule has 0 aliphatic heterocycles. The molecule has 0 bridgehead atoms. The summed E-state index contributed by atoms with van der Waals surface area (Å²) in [7, 11) is 0. The largest absolute Gasteiger partial charge is 0.398 e. The lowest BCUT2D eigenvalue weighted by Crippen LogP contribution is -2.06. The molecule has 7 heteroatoms. The zero-order valence-electron chi connectivity index (χ0n) is 13.9. The number of hydrogen-bond donors (Lipinski definition) is 4. The minimum atomic E-state index is 0.454. The Morgan fingerprint density at radius 3 is 2.92 bits per heavy atom. The van der Waals surface area contributed by atoms with Gasteiger partial charge >= 0.3 is 0 Å². The Bertz CT molecular complexity index is 944. The van der Waals surface area contributed by atoms with E-state index in [1.54, 1.807) is 17.4 Å². The molecule has 0 saturated heterocycles. The van der Waals surface area contributed by atoms with Crippen molar-refractivity contribution in [2.45, 2.75) is 13.3 Å². The molecule has 0 fully saturated rings. The van der Waals surface area contributed by atoms with E-state index in [0.29, 0.717) is 11.5 Å². The molecule has 0 spiro atoms. The first-order chi connectivity index (χ1) is 12.1. The molecule has 0 radical (unpaired) electrons. The van der Waals surface area contributed by atoms with Crippen LogP contribution >= 0.6 is 11.3 Å². The minimum absolute atomic E-state index is 0.454. The van der Waals surface area contributed by atoms with Crippen LogP contribution in [0, 0.1) is 12.3 Å². The van der Waals surface area contributed by atoms with E-state index in [0.717, 1.165) is 40.8 Å². The molecule has 0 aliphatic rings. The van der Waals surface area contributed by atoms with Gasteiger partial charge in [0.1, 0.15) is 5.82 Å². The number of hydrogen-bond acceptors (Lipinski definition) is 7. The number of pyridine rings is 1. The summed E-state index contributed by atoms with van der Waals surface area (Å²) in [4.78, 5) is 9.96. The first-order valence-electron chi connectivity index (χ1n) is 7.88. The fourth-order valence-electron chi connectivity index (χ4n) is 2.64. The highest BCUT2D eigenvalue weighted by atomic mass is 32.1. The number of thiazole rings is 1. The van der Waals surface area contributed by atoms with Gasteiger partial charge in [-0.25, -0.2) is 9.97 Å². The normalized spacial score (nSPS) is 11.6. The van der Waals surface area contributed by atoms with Gasteiger partial charge in [0, 0.05) is 46.9 Å². The number of fused-ring (bicyclic) bond motifs is 1. The van der Waals surface area contributed by atoms with Gasteiger partial charge in [-0.05, 0) is 24.6 Å². The molecule has 0 aliphatic carbocycles. The molecular formula is C18H20N6S. The molecule has 6 nitrogen and oxygen atoms in total. The van der Waals surface area contributed by atoms with Crippen LogP contribution in [0.3, 0.4) is 0 Å². The molecule has 2 aromatic heterocycles. The van der Waals surface area contributed by atoms with Gasteiger partial charge in [0.15, 0.2) is 0 Å². The van der Waals surface area contributed by atoms with Crippen molar-refractivity contribution in [2.75, 3.05) is 17.6 Å². The zero-order chi connectivity index (χ0) is 17.8. The van der Waals surface area contributed by atoms with Gasteiger partial charge in [-0.3, -0.25) is 0 Å². The van der Waals surface area contributed by atoms with E-state index in [1.807, 2.05) is 36.7 Å². The van der Waals surface area contributed by atoms with E-state index in [9.17, 15) is 0 Å². The van der Waals surface area contributed by atoms with Crippen molar-refractivity contribution in [3.8, 4) is 0 Å². The molecular weight excluding hydrogens is 332 g/mol. The first kappa shape index (κ1) is 16.9. The smallest absolute Gasteiger partial charge is 0.126 e. The van der Waals surface area contributed by atoms with Crippen LogP contribution in [0.4, 0.5) is 11.5 Å². The summed E-state index contributed by atoms with van der Waals surface area (Å²) in [6, 6.07) is 7.63. The second kappa shape index (κ2) is 7.31. The highest BCUT2D eigenvalue weighted by Gasteiger charge is 2.07. The predicted octanol–water partition coefficient (Wildman–Crippen LogP) is 3.19. The number of benzene rings is 1. The number of anilines is 2. The lowest BCUT2D eigenvalue weighted by Gasteiger charge is -2.11. The maximum Gasteiger partial charge on any atom is 0.126 e. The topological polar surface area (TPSA) is 114 Å². The number of rotatable bonds is 6. The van der Waals surface area contributed by atoms with Crippen molar-refractivity contribution in [3.05, 3.63) is 52.0 Å². The fraction of sp³-hybridized carbons (Fsp3) is 0.167. The Labute approximate surface area is 150 Å². The summed E-state index contributed by atoms with van der Waals surface area (Å²) in [5.41, 5.74) is 17.9. The average Bonchev–Trinajstić information content (AvgIpc) is 2.99. The lowest BCUT2D eigenvalue weighted by atomic mass is 10.1. The second-order valence-electron chi connectivity index (χ2n) is 5.65. The van der Waals surface area contributed by atoms with Crippen LogP contribution in [0.2, 0.25) is 0 Å². The number of nitrogens with zero attached hydrogens (tertiary/aromatic N) is 2. The summed E-state index contributed by atoms with van der Waals surface area (Å²) in [5, 5.41) is 11.6. The van der Waals surface area contributed by atoms with E-state index in [1.165, 1.54) is 11.1 Å². The summed E-state index contributed by atoms with van der Waals surface area (Å²) in [6.45, 7) is 2.82. The molecule has 1 aromatic carbocycles. The standard InChI is InChI=1S/C18H20N6S/c1-11-17(25-10-23-11)5-7-22-15-9-18(21)24-16-8-12(2-3-13(15)16)14(20)4-6-19/h2-4,6,8-10,19H,5,7,20H2,1H3,(H3,21,22,24)/b14-4-,19-6?. The maximum atomic E-state index is 7.13. The number of aryl methyl sites for hydroxylation is 1. The van der Waals surface area contributed by atoms with E-state index in [2.05, 4.69) is 15.3 Å². The van der Waals surface area contributed by atoms with E-state index >= 15 is 0 Å². The molecule has 0 saturated carbocycles. The molecule has 0 amide bonds. The van der Waals surface area contributed by atoms with Crippen LogP contribution < -0.4 is 16.8 Å². The number of nitrogen functional groups attached to an aromatic ring is 1. The van der Waals surface area contributed by atoms with Gasteiger partial charge in [0.05, 0.1) is 16.7 Å². The highest BCUT2D eigenvalue weighted by molar-refractivity contribution is 7.09. The van der Waals surface area contributed by atoms with Crippen molar-refractivity contribution in [1.82, 2.24) is 9.97 Å². The molecule has 25 heavy (non-hydrogen) atoms. The summed E-state index contributed by atoms with van der Waals surface area (Å²) in [5.74, 6) is 0.454. The van der Waals surface area contributed by atoms with E-state index in [-0.39, 0.29) is 0 Å². The van der Waals surface area contributed by atoms with Gasteiger partial charge in [-0.1, -0.05) is 12.1 Å². The molecule has 3 aromatic rings. The molecule has 0 unspecified atom stereocenters. The Hall–Kier alpha value is -2.93. The van der Waals surface area contributed by atoms with Crippen LogP contribution in [-0.2, 0) is 6.42 Å². The van der Waals surface area contributed by atoms with Crippen molar-refractivity contribution < 1.29 is 0 Å². The molecule has 3 rings (SSSR count). The van der Waals surface area contributed by atoms with Gasteiger partial charge in [-0.15, -0.1) is 11.3 Å². The van der Waals surface area contributed by atoms with Crippen molar-refractivity contribution in [2.24, 2.45) is 5.73 Å². The third-order valence-corrected chi connectivity index (χ3v) is 4.93. The van der Waals surface area contributed by atoms with Gasteiger partial charge in [0.2, 0.25) is 0 Å². The number of nitrogens with one attached hydrogen (secondary N) is 2. The number of nitrogens with two attached hydrogens (primary N) is 2. The third-order valence-electron chi connectivity index (χ3n) is 3.94. The zero-order valence-corrected chi connectivity index (χ0v) is 14.7. The molecule has 2 heterocycles. The molecule has 128 valence electrons.